The summed E-state index contributed by atoms with van der Waals surface area (Å²) in [6, 6.07) is 18.7. The van der Waals surface area contributed by atoms with E-state index in [4.69, 9.17) is 0 Å². The van der Waals surface area contributed by atoms with E-state index in [1.54, 1.807) is 12.1 Å². The van der Waals surface area contributed by atoms with Crippen molar-refractivity contribution in [1.29, 1.82) is 0 Å². The van der Waals surface area contributed by atoms with Gasteiger partial charge in [-0.15, -0.1) is 0 Å². The molecule has 3 aromatic carbocycles. The molecule has 0 bridgehead atoms. The molecule has 1 saturated carbocycles. The van der Waals surface area contributed by atoms with E-state index in [0.717, 1.165) is 34.9 Å². The zero-order valence-electron chi connectivity index (χ0n) is 17.2. The topological polar surface area (TPSA) is 99.3 Å². The van der Waals surface area contributed by atoms with Gasteiger partial charge in [-0.2, -0.15) is 0 Å². The van der Waals surface area contributed by atoms with Gasteiger partial charge in [0.1, 0.15) is 0 Å². The highest BCUT2D eigenvalue weighted by molar-refractivity contribution is 6.08. The van der Waals surface area contributed by atoms with Crippen LogP contribution in [-0.2, 0) is 9.59 Å². The van der Waals surface area contributed by atoms with Gasteiger partial charge in [0.15, 0.2) is 0 Å². The first-order chi connectivity index (χ1) is 15.0. The van der Waals surface area contributed by atoms with Crippen molar-refractivity contribution >= 4 is 39.9 Å². The highest BCUT2D eigenvalue weighted by Crippen LogP contribution is 2.31. The Balaban J connectivity index is 1.42. The lowest BCUT2D eigenvalue weighted by atomic mass is 10.0. The summed E-state index contributed by atoms with van der Waals surface area (Å²) in [6.07, 6.45) is 1.73. The second-order valence-corrected chi connectivity index (χ2v) is 7.73. The van der Waals surface area contributed by atoms with Crippen LogP contribution in [0.25, 0.3) is 10.8 Å². The molecular weight excluding hydrogens is 392 g/mol. The Bertz CT molecular complexity index is 1140. The molecule has 0 saturated heterocycles. The Morgan fingerprint density at radius 1 is 0.903 bits per heavy atom. The predicted octanol–water partition coefficient (Wildman–Crippen LogP) is 3.37. The summed E-state index contributed by atoms with van der Waals surface area (Å²) in [6.45, 7) is 1.99. The molecule has 0 aliphatic heterocycles. The third kappa shape index (κ3) is 5.19. The first kappa shape index (κ1) is 20.4. The number of benzene rings is 3. The van der Waals surface area contributed by atoms with E-state index in [9.17, 15) is 14.4 Å². The van der Waals surface area contributed by atoms with Crippen molar-refractivity contribution in [3.8, 4) is 0 Å². The molecule has 158 valence electrons. The molecule has 0 radical (unpaired) electrons. The number of hydrazine groups is 1. The molecule has 1 aliphatic carbocycles. The van der Waals surface area contributed by atoms with Crippen LogP contribution in [0, 0.1) is 12.8 Å². The second-order valence-electron chi connectivity index (χ2n) is 7.73. The molecule has 0 unspecified atom stereocenters. The molecule has 0 aromatic heterocycles. The van der Waals surface area contributed by atoms with Crippen molar-refractivity contribution in [2.75, 3.05) is 17.2 Å². The largest absolute Gasteiger partial charge is 0.376 e. The first-order valence-electron chi connectivity index (χ1n) is 10.2. The molecule has 0 heterocycles. The van der Waals surface area contributed by atoms with Gasteiger partial charge < -0.3 is 10.6 Å². The van der Waals surface area contributed by atoms with Gasteiger partial charge >= 0.3 is 0 Å². The number of carbonyl (C=O) groups excluding carboxylic acids is 3. The summed E-state index contributed by atoms with van der Waals surface area (Å²) in [5.74, 6) is -0.968. The summed E-state index contributed by atoms with van der Waals surface area (Å²) >= 11 is 0. The second kappa shape index (κ2) is 8.87. The fourth-order valence-corrected chi connectivity index (χ4v) is 3.20. The molecule has 3 aromatic rings. The van der Waals surface area contributed by atoms with Gasteiger partial charge in [-0.1, -0.05) is 42.0 Å². The van der Waals surface area contributed by atoms with E-state index in [1.807, 2.05) is 55.5 Å². The van der Waals surface area contributed by atoms with E-state index < -0.39 is 11.8 Å². The Labute approximate surface area is 180 Å². The molecule has 4 N–H and O–H groups in total. The van der Waals surface area contributed by atoms with Crippen LogP contribution in [0.3, 0.4) is 0 Å². The predicted molar refractivity (Wildman–Crippen MR) is 121 cm³/mol. The monoisotopic (exact) mass is 416 g/mol. The summed E-state index contributed by atoms with van der Waals surface area (Å²) in [5, 5.41) is 7.63. The van der Waals surface area contributed by atoms with Crippen LogP contribution < -0.4 is 21.5 Å². The molecule has 4 rings (SSSR count). The summed E-state index contributed by atoms with van der Waals surface area (Å²) in [7, 11) is 0. The molecule has 7 nitrogen and oxygen atoms in total. The first-order valence-corrected chi connectivity index (χ1v) is 10.2. The Morgan fingerprint density at radius 3 is 2.26 bits per heavy atom. The number of hydrogen-bond acceptors (Lipinski definition) is 4. The number of aryl methyl sites for hydroxylation is 1. The lowest BCUT2D eigenvalue weighted by Crippen LogP contribution is -2.44. The van der Waals surface area contributed by atoms with Crippen LogP contribution in [0.2, 0.25) is 0 Å². The zero-order valence-corrected chi connectivity index (χ0v) is 17.2. The van der Waals surface area contributed by atoms with E-state index in [2.05, 4.69) is 21.5 Å². The third-order valence-corrected chi connectivity index (χ3v) is 5.16. The number of fused-ring (bicyclic) bond motifs is 1. The van der Waals surface area contributed by atoms with E-state index in [0.29, 0.717) is 11.3 Å². The van der Waals surface area contributed by atoms with Crippen LogP contribution in [-0.4, -0.2) is 24.3 Å². The molecule has 1 aliphatic rings. The highest BCUT2D eigenvalue weighted by Gasteiger charge is 2.30. The Morgan fingerprint density at radius 2 is 1.58 bits per heavy atom. The molecule has 31 heavy (non-hydrogen) atoms. The fourth-order valence-electron chi connectivity index (χ4n) is 3.20. The molecular formula is C24H24N4O3. The van der Waals surface area contributed by atoms with Gasteiger partial charge in [-0.05, 0) is 54.8 Å². The van der Waals surface area contributed by atoms with Gasteiger partial charge in [0, 0.05) is 11.6 Å². The van der Waals surface area contributed by atoms with E-state index in [1.165, 1.54) is 0 Å². The third-order valence-electron chi connectivity index (χ3n) is 5.16. The SMILES string of the molecule is Cc1ccc(NCC(=O)NNC(=O)c2cc3ccccc3cc2NC(=O)C2CC2)cc1. The smallest absolute Gasteiger partial charge is 0.271 e. The number of hydrogen-bond donors (Lipinski definition) is 4. The molecule has 0 spiro atoms. The summed E-state index contributed by atoms with van der Waals surface area (Å²) in [5.41, 5.74) is 7.51. The van der Waals surface area contributed by atoms with Crippen molar-refractivity contribution in [3.63, 3.8) is 0 Å². The number of amides is 3. The molecule has 1 fully saturated rings. The maximum absolute atomic E-state index is 12.8. The Hall–Kier alpha value is -3.87. The highest BCUT2D eigenvalue weighted by atomic mass is 16.2. The molecule has 7 heteroatoms. The van der Waals surface area contributed by atoms with Gasteiger partial charge in [0.2, 0.25) is 5.91 Å². The van der Waals surface area contributed by atoms with Gasteiger partial charge in [0.25, 0.3) is 11.8 Å². The maximum Gasteiger partial charge on any atom is 0.271 e. The quantitative estimate of drug-likeness (QED) is 0.463. The Kier molecular flexibility index (Phi) is 5.84. The van der Waals surface area contributed by atoms with Crippen LogP contribution in [0.4, 0.5) is 11.4 Å². The number of carbonyl (C=O) groups is 3. The average Bonchev–Trinajstić information content (AvgIpc) is 3.62. The fraction of sp³-hybridized carbons (Fsp3) is 0.208. The van der Waals surface area contributed by atoms with E-state index in [-0.39, 0.29) is 18.4 Å². The molecule has 3 amide bonds. The average molecular weight is 416 g/mol. The van der Waals surface area contributed by atoms with Crippen molar-refractivity contribution < 1.29 is 14.4 Å². The van der Waals surface area contributed by atoms with Crippen LogP contribution in [0.1, 0.15) is 28.8 Å². The van der Waals surface area contributed by atoms with Crippen molar-refractivity contribution in [3.05, 3.63) is 71.8 Å². The van der Waals surface area contributed by atoms with Gasteiger partial charge in [-0.25, -0.2) is 0 Å². The van der Waals surface area contributed by atoms with Crippen LogP contribution in [0.15, 0.2) is 60.7 Å². The number of anilines is 2. The van der Waals surface area contributed by atoms with Gasteiger partial charge in [0.05, 0.1) is 17.8 Å². The van der Waals surface area contributed by atoms with Crippen LogP contribution in [0.5, 0.6) is 0 Å². The van der Waals surface area contributed by atoms with Crippen molar-refractivity contribution in [2.45, 2.75) is 19.8 Å². The lowest BCUT2D eigenvalue weighted by Gasteiger charge is -2.14. The number of rotatable bonds is 6. The maximum atomic E-state index is 12.8. The van der Waals surface area contributed by atoms with Gasteiger partial charge in [-0.3, -0.25) is 25.2 Å². The minimum absolute atomic E-state index is 0.00628. The normalized spacial score (nSPS) is 12.8. The lowest BCUT2D eigenvalue weighted by molar-refractivity contribution is -0.120. The van der Waals surface area contributed by atoms with E-state index >= 15 is 0 Å². The van der Waals surface area contributed by atoms with Crippen molar-refractivity contribution in [1.82, 2.24) is 10.9 Å². The van der Waals surface area contributed by atoms with Crippen molar-refractivity contribution in [2.24, 2.45) is 5.92 Å². The zero-order chi connectivity index (χ0) is 21.8. The summed E-state index contributed by atoms with van der Waals surface area (Å²) < 4.78 is 0. The summed E-state index contributed by atoms with van der Waals surface area (Å²) in [4.78, 5) is 37.2. The standard InChI is InChI=1S/C24H24N4O3/c1-15-6-10-19(11-7-15)25-14-22(29)27-28-24(31)20-12-17-4-2-3-5-18(17)13-21(20)26-23(30)16-8-9-16/h2-7,10-13,16,25H,8-9,14H2,1H3,(H,26,30)(H,27,29)(H,28,31). The minimum Gasteiger partial charge on any atom is -0.376 e. The molecule has 0 atom stereocenters. The van der Waals surface area contributed by atoms with Crippen LogP contribution >= 0.6 is 0 Å². The number of nitrogens with one attached hydrogen (secondary N) is 4. The minimum atomic E-state index is -0.500.